The second kappa shape index (κ2) is 6.30. The second-order valence-corrected chi connectivity index (χ2v) is 7.03. The molecule has 28 heavy (non-hydrogen) atoms. The Balaban J connectivity index is 1.77. The molecular formula is C21H17FN4O2. The van der Waals surface area contributed by atoms with Gasteiger partial charge in [-0.25, -0.2) is 18.7 Å². The molecule has 0 aliphatic heterocycles. The van der Waals surface area contributed by atoms with Crippen LogP contribution in [0.4, 0.5) is 4.39 Å². The van der Waals surface area contributed by atoms with Crippen LogP contribution in [0.25, 0.3) is 16.9 Å². The SMILES string of the molecule is O=c1c2c(ncn2Cc2ccc(F)cc2)n(-c2ccccc2)c(=O)n1C1CC1. The molecule has 0 radical (unpaired) electrons. The number of halogens is 1. The number of fused-ring (bicyclic) bond motifs is 1. The lowest BCUT2D eigenvalue weighted by atomic mass is 10.2. The van der Waals surface area contributed by atoms with E-state index in [4.69, 9.17) is 0 Å². The molecule has 2 aromatic heterocycles. The Morgan fingerprint density at radius 2 is 1.71 bits per heavy atom. The van der Waals surface area contributed by atoms with Crippen LogP contribution in [-0.2, 0) is 6.54 Å². The zero-order chi connectivity index (χ0) is 19.3. The van der Waals surface area contributed by atoms with Crippen LogP contribution in [0, 0.1) is 5.82 Å². The summed E-state index contributed by atoms with van der Waals surface area (Å²) in [5.41, 5.74) is 1.53. The van der Waals surface area contributed by atoms with Gasteiger partial charge in [-0.3, -0.25) is 9.36 Å². The molecule has 1 saturated carbocycles. The van der Waals surface area contributed by atoms with Crippen LogP contribution in [0.3, 0.4) is 0 Å². The van der Waals surface area contributed by atoms with Gasteiger partial charge in [0.15, 0.2) is 11.2 Å². The summed E-state index contributed by atoms with van der Waals surface area (Å²) in [4.78, 5) is 30.7. The molecule has 0 N–H and O–H groups in total. The summed E-state index contributed by atoms with van der Waals surface area (Å²) in [6.07, 6.45) is 3.20. The average Bonchev–Trinajstić information content (AvgIpc) is 3.45. The first-order chi connectivity index (χ1) is 13.6. The van der Waals surface area contributed by atoms with Crippen LogP contribution in [0.1, 0.15) is 24.4 Å². The highest BCUT2D eigenvalue weighted by Crippen LogP contribution is 2.32. The van der Waals surface area contributed by atoms with Crippen LogP contribution in [-0.4, -0.2) is 18.7 Å². The number of rotatable bonds is 4. The van der Waals surface area contributed by atoms with E-state index in [1.165, 1.54) is 21.3 Å². The molecule has 1 fully saturated rings. The molecule has 140 valence electrons. The highest BCUT2D eigenvalue weighted by Gasteiger charge is 2.30. The second-order valence-electron chi connectivity index (χ2n) is 7.03. The van der Waals surface area contributed by atoms with E-state index >= 15 is 0 Å². The number of aromatic nitrogens is 4. The predicted molar refractivity (Wildman–Crippen MR) is 103 cm³/mol. The maximum absolute atomic E-state index is 13.2. The quantitative estimate of drug-likeness (QED) is 0.550. The third-order valence-electron chi connectivity index (χ3n) is 5.04. The average molecular weight is 376 g/mol. The van der Waals surface area contributed by atoms with Crippen molar-refractivity contribution in [1.82, 2.24) is 18.7 Å². The molecule has 1 aliphatic carbocycles. The van der Waals surface area contributed by atoms with Crippen molar-refractivity contribution < 1.29 is 4.39 Å². The van der Waals surface area contributed by atoms with E-state index in [2.05, 4.69) is 4.98 Å². The minimum Gasteiger partial charge on any atom is -0.320 e. The minimum absolute atomic E-state index is 0.0615. The molecule has 0 atom stereocenters. The van der Waals surface area contributed by atoms with E-state index in [1.807, 2.05) is 30.3 Å². The van der Waals surface area contributed by atoms with Gasteiger partial charge >= 0.3 is 5.69 Å². The van der Waals surface area contributed by atoms with Gasteiger partial charge in [0.05, 0.1) is 12.0 Å². The van der Waals surface area contributed by atoms with E-state index < -0.39 is 0 Å². The van der Waals surface area contributed by atoms with Crippen molar-refractivity contribution in [2.75, 3.05) is 0 Å². The van der Waals surface area contributed by atoms with Crippen molar-refractivity contribution in [3.63, 3.8) is 0 Å². The lowest BCUT2D eigenvalue weighted by Crippen LogP contribution is -2.39. The van der Waals surface area contributed by atoms with Gasteiger partial charge in [0.2, 0.25) is 0 Å². The Labute approximate surface area is 159 Å². The number of hydrogen-bond acceptors (Lipinski definition) is 3. The molecule has 0 saturated heterocycles. The van der Waals surface area contributed by atoms with Crippen LogP contribution in [0.5, 0.6) is 0 Å². The molecule has 0 spiro atoms. The maximum atomic E-state index is 13.2. The van der Waals surface area contributed by atoms with Gasteiger partial charge < -0.3 is 4.57 Å². The lowest BCUT2D eigenvalue weighted by molar-refractivity contribution is 0.626. The van der Waals surface area contributed by atoms with Gasteiger partial charge in [-0.2, -0.15) is 0 Å². The van der Waals surface area contributed by atoms with Gasteiger partial charge in [-0.15, -0.1) is 0 Å². The van der Waals surface area contributed by atoms with Crippen molar-refractivity contribution >= 4 is 11.2 Å². The fraction of sp³-hybridized carbons (Fsp3) is 0.190. The standard InChI is InChI=1S/C21H17FN4O2/c22-15-8-6-14(7-9-15)12-24-13-23-19-18(24)20(27)26(17-10-11-17)21(28)25(19)16-4-2-1-3-5-16/h1-9,13,17H,10-12H2. The summed E-state index contributed by atoms with van der Waals surface area (Å²) in [5.74, 6) is -0.312. The third-order valence-corrected chi connectivity index (χ3v) is 5.04. The van der Waals surface area contributed by atoms with Crippen molar-refractivity contribution in [3.05, 3.63) is 93.1 Å². The molecule has 2 aromatic carbocycles. The van der Waals surface area contributed by atoms with E-state index in [-0.39, 0.29) is 23.1 Å². The predicted octanol–water partition coefficient (Wildman–Crippen LogP) is 2.87. The lowest BCUT2D eigenvalue weighted by Gasteiger charge is -2.12. The fourth-order valence-electron chi connectivity index (χ4n) is 3.52. The molecule has 1 aliphatic rings. The van der Waals surface area contributed by atoms with Crippen LogP contribution in [0.2, 0.25) is 0 Å². The number of hydrogen-bond donors (Lipinski definition) is 0. The molecular weight excluding hydrogens is 359 g/mol. The first-order valence-corrected chi connectivity index (χ1v) is 9.16. The van der Waals surface area contributed by atoms with E-state index in [9.17, 15) is 14.0 Å². The van der Waals surface area contributed by atoms with Crippen LogP contribution in [0.15, 0.2) is 70.5 Å². The molecule has 5 rings (SSSR count). The van der Waals surface area contributed by atoms with E-state index in [0.717, 1.165) is 18.4 Å². The summed E-state index contributed by atoms with van der Waals surface area (Å²) in [7, 11) is 0. The third kappa shape index (κ3) is 2.67. The molecule has 6 nitrogen and oxygen atoms in total. The number of imidazole rings is 1. The normalized spacial score (nSPS) is 13.9. The van der Waals surface area contributed by atoms with Gasteiger partial charge in [-0.05, 0) is 42.7 Å². The van der Waals surface area contributed by atoms with Gasteiger partial charge in [0.25, 0.3) is 5.56 Å². The molecule has 0 amide bonds. The maximum Gasteiger partial charge on any atom is 0.337 e. The fourth-order valence-corrected chi connectivity index (χ4v) is 3.52. The van der Waals surface area contributed by atoms with Crippen molar-refractivity contribution in [2.24, 2.45) is 0 Å². The molecule has 0 bridgehead atoms. The highest BCUT2D eigenvalue weighted by molar-refractivity contribution is 5.72. The first-order valence-electron chi connectivity index (χ1n) is 9.16. The van der Waals surface area contributed by atoms with Crippen molar-refractivity contribution in [2.45, 2.75) is 25.4 Å². The topological polar surface area (TPSA) is 61.8 Å². The molecule has 7 heteroatoms. The number of para-hydroxylation sites is 1. The molecule has 2 heterocycles. The Bertz CT molecular complexity index is 1280. The highest BCUT2D eigenvalue weighted by atomic mass is 19.1. The van der Waals surface area contributed by atoms with Crippen molar-refractivity contribution in [3.8, 4) is 5.69 Å². The summed E-state index contributed by atoms with van der Waals surface area (Å²) in [6, 6.07) is 15.3. The smallest absolute Gasteiger partial charge is 0.320 e. The van der Waals surface area contributed by atoms with Crippen molar-refractivity contribution in [1.29, 1.82) is 0 Å². The zero-order valence-electron chi connectivity index (χ0n) is 15.0. The number of nitrogens with zero attached hydrogens (tertiary/aromatic N) is 4. The Hall–Kier alpha value is -3.48. The summed E-state index contributed by atoms with van der Waals surface area (Å²) in [6.45, 7) is 0.365. The Morgan fingerprint density at radius 3 is 2.39 bits per heavy atom. The van der Waals surface area contributed by atoms with E-state index in [0.29, 0.717) is 23.4 Å². The largest absolute Gasteiger partial charge is 0.337 e. The monoisotopic (exact) mass is 376 g/mol. The van der Waals surface area contributed by atoms with E-state index in [1.54, 1.807) is 23.0 Å². The van der Waals surface area contributed by atoms with Crippen LogP contribution >= 0.6 is 0 Å². The summed E-state index contributed by atoms with van der Waals surface area (Å²) in [5, 5.41) is 0. The Morgan fingerprint density at radius 1 is 1.00 bits per heavy atom. The Kier molecular flexibility index (Phi) is 3.75. The summed E-state index contributed by atoms with van der Waals surface area (Å²) >= 11 is 0. The molecule has 4 aromatic rings. The minimum atomic E-state index is -0.363. The summed E-state index contributed by atoms with van der Waals surface area (Å²) < 4.78 is 17.8. The van der Waals surface area contributed by atoms with Gasteiger partial charge in [0.1, 0.15) is 5.82 Å². The zero-order valence-corrected chi connectivity index (χ0v) is 15.0. The number of benzene rings is 2. The first kappa shape index (κ1) is 16.7. The molecule has 0 unspecified atom stereocenters. The van der Waals surface area contributed by atoms with Gasteiger partial charge in [0, 0.05) is 12.6 Å². The van der Waals surface area contributed by atoms with Crippen LogP contribution < -0.4 is 11.2 Å². The van der Waals surface area contributed by atoms with Gasteiger partial charge in [-0.1, -0.05) is 30.3 Å².